The Morgan fingerprint density at radius 2 is 2.00 bits per heavy atom. The topological polar surface area (TPSA) is 63.4 Å². The third kappa shape index (κ3) is 3.71. The highest BCUT2D eigenvalue weighted by molar-refractivity contribution is 7.89. The first-order valence-electron chi connectivity index (χ1n) is 5.70. The fourth-order valence-corrected chi connectivity index (χ4v) is 2.96. The summed E-state index contributed by atoms with van der Waals surface area (Å²) in [7, 11) is -3.18. The average Bonchev–Trinajstić information content (AvgIpc) is 2.25. The van der Waals surface area contributed by atoms with Crippen molar-refractivity contribution in [3.8, 4) is 0 Å². The van der Waals surface area contributed by atoms with Crippen LogP contribution in [-0.4, -0.2) is 24.5 Å². The number of hydrogen-bond acceptors (Lipinski definition) is 3. The van der Waals surface area contributed by atoms with Gasteiger partial charge in [0.2, 0.25) is 10.0 Å². The summed E-state index contributed by atoms with van der Waals surface area (Å²) in [5.74, 6) is 0.119. The number of benzene rings is 1. The minimum absolute atomic E-state index is 0.0543. The molecule has 0 aliphatic heterocycles. The van der Waals surface area contributed by atoms with Crippen molar-refractivity contribution in [3.63, 3.8) is 0 Å². The summed E-state index contributed by atoms with van der Waals surface area (Å²) in [6.07, 6.45) is 0. The predicted octanol–water partition coefficient (Wildman–Crippen LogP) is 1.83. The van der Waals surface area contributed by atoms with Crippen molar-refractivity contribution in [2.75, 3.05) is 11.5 Å². The molecule has 0 saturated heterocycles. The first-order valence-corrected chi connectivity index (χ1v) is 7.31. The monoisotopic (exact) mass is 256 g/mol. The standard InChI is InChI=1S/C12H20N2O2S/c1-4-17(15,16)14(10(2)3)9-11-6-5-7-12(13)8-11/h5-8,10H,4,9,13H2,1-3H3. The molecule has 5 heteroatoms. The molecule has 2 N–H and O–H groups in total. The van der Waals surface area contributed by atoms with Crippen LogP contribution in [-0.2, 0) is 16.6 Å². The van der Waals surface area contributed by atoms with Crippen molar-refractivity contribution in [1.29, 1.82) is 0 Å². The Labute approximate surface area is 103 Å². The van der Waals surface area contributed by atoms with Crippen LogP contribution in [0.3, 0.4) is 0 Å². The summed E-state index contributed by atoms with van der Waals surface area (Å²) >= 11 is 0. The molecule has 96 valence electrons. The van der Waals surface area contributed by atoms with Crippen molar-refractivity contribution in [1.82, 2.24) is 4.31 Å². The van der Waals surface area contributed by atoms with Crippen LogP contribution in [0.4, 0.5) is 5.69 Å². The lowest BCUT2D eigenvalue weighted by atomic mass is 10.2. The summed E-state index contributed by atoms with van der Waals surface area (Å²) in [5.41, 5.74) is 7.25. The zero-order chi connectivity index (χ0) is 13.1. The highest BCUT2D eigenvalue weighted by atomic mass is 32.2. The third-order valence-electron chi connectivity index (χ3n) is 2.59. The molecular formula is C12H20N2O2S. The fourth-order valence-electron chi connectivity index (χ4n) is 1.64. The second-order valence-corrected chi connectivity index (χ2v) is 6.49. The van der Waals surface area contributed by atoms with Gasteiger partial charge >= 0.3 is 0 Å². The molecule has 1 rings (SSSR count). The van der Waals surface area contributed by atoms with E-state index in [1.54, 1.807) is 19.1 Å². The fraction of sp³-hybridized carbons (Fsp3) is 0.500. The van der Waals surface area contributed by atoms with E-state index < -0.39 is 10.0 Å². The Morgan fingerprint density at radius 3 is 2.47 bits per heavy atom. The van der Waals surface area contributed by atoms with Gasteiger partial charge in [-0.25, -0.2) is 8.42 Å². The van der Waals surface area contributed by atoms with Gasteiger partial charge in [-0.15, -0.1) is 0 Å². The smallest absolute Gasteiger partial charge is 0.214 e. The van der Waals surface area contributed by atoms with Crippen LogP contribution in [0.25, 0.3) is 0 Å². The van der Waals surface area contributed by atoms with Crippen LogP contribution in [0.2, 0.25) is 0 Å². The van der Waals surface area contributed by atoms with Crippen LogP contribution >= 0.6 is 0 Å². The molecule has 0 aromatic heterocycles. The van der Waals surface area contributed by atoms with E-state index in [1.807, 2.05) is 26.0 Å². The highest BCUT2D eigenvalue weighted by Gasteiger charge is 2.23. The van der Waals surface area contributed by atoms with Gasteiger partial charge < -0.3 is 5.73 Å². The Morgan fingerprint density at radius 1 is 1.35 bits per heavy atom. The second kappa shape index (κ2) is 5.51. The number of anilines is 1. The van der Waals surface area contributed by atoms with E-state index >= 15 is 0 Å². The largest absolute Gasteiger partial charge is 0.399 e. The second-order valence-electron chi connectivity index (χ2n) is 4.28. The average molecular weight is 256 g/mol. The molecule has 0 aliphatic carbocycles. The summed E-state index contributed by atoms with van der Waals surface area (Å²) in [6.45, 7) is 5.78. The lowest BCUT2D eigenvalue weighted by Gasteiger charge is -2.25. The molecule has 0 heterocycles. The van der Waals surface area contributed by atoms with Gasteiger partial charge in [0.25, 0.3) is 0 Å². The SMILES string of the molecule is CCS(=O)(=O)N(Cc1cccc(N)c1)C(C)C. The first-order chi connectivity index (χ1) is 7.86. The molecule has 0 spiro atoms. The van der Waals surface area contributed by atoms with Gasteiger partial charge in [0, 0.05) is 18.3 Å². The van der Waals surface area contributed by atoms with Gasteiger partial charge in [-0.1, -0.05) is 12.1 Å². The molecule has 17 heavy (non-hydrogen) atoms. The number of nitrogens with zero attached hydrogens (tertiary/aromatic N) is 1. The van der Waals surface area contributed by atoms with Gasteiger partial charge in [-0.3, -0.25) is 0 Å². The Kier molecular flexibility index (Phi) is 4.54. The van der Waals surface area contributed by atoms with Crippen LogP contribution < -0.4 is 5.73 Å². The van der Waals surface area contributed by atoms with E-state index in [4.69, 9.17) is 5.73 Å². The van der Waals surface area contributed by atoms with Crippen molar-refractivity contribution in [3.05, 3.63) is 29.8 Å². The molecule has 0 amide bonds. The molecular weight excluding hydrogens is 236 g/mol. The summed E-state index contributed by atoms with van der Waals surface area (Å²) in [4.78, 5) is 0. The van der Waals surface area contributed by atoms with Gasteiger partial charge in [0.05, 0.1) is 5.75 Å². The van der Waals surface area contributed by atoms with E-state index in [1.165, 1.54) is 4.31 Å². The lowest BCUT2D eigenvalue weighted by Crippen LogP contribution is -2.37. The van der Waals surface area contributed by atoms with Crippen LogP contribution in [0, 0.1) is 0 Å². The maximum atomic E-state index is 11.9. The summed E-state index contributed by atoms with van der Waals surface area (Å²) in [5, 5.41) is 0. The summed E-state index contributed by atoms with van der Waals surface area (Å²) < 4.78 is 25.4. The van der Waals surface area contributed by atoms with E-state index in [2.05, 4.69) is 0 Å². The zero-order valence-electron chi connectivity index (χ0n) is 10.6. The van der Waals surface area contributed by atoms with Crippen LogP contribution in [0.5, 0.6) is 0 Å². The predicted molar refractivity (Wildman–Crippen MR) is 71.0 cm³/mol. The van der Waals surface area contributed by atoms with Crippen LogP contribution in [0.1, 0.15) is 26.3 Å². The Hall–Kier alpha value is -1.07. The number of hydrogen-bond donors (Lipinski definition) is 1. The molecule has 0 fully saturated rings. The van der Waals surface area contributed by atoms with Crippen molar-refractivity contribution < 1.29 is 8.42 Å². The number of sulfonamides is 1. The molecule has 4 nitrogen and oxygen atoms in total. The third-order valence-corrected chi connectivity index (χ3v) is 4.58. The molecule has 0 bridgehead atoms. The van der Waals surface area contributed by atoms with Crippen LogP contribution in [0.15, 0.2) is 24.3 Å². The molecule has 0 atom stereocenters. The maximum absolute atomic E-state index is 11.9. The van der Waals surface area contributed by atoms with E-state index in [0.717, 1.165) is 5.56 Å². The van der Waals surface area contributed by atoms with Gasteiger partial charge in [-0.05, 0) is 38.5 Å². The lowest BCUT2D eigenvalue weighted by molar-refractivity contribution is 0.349. The van der Waals surface area contributed by atoms with Crippen molar-refractivity contribution >= 4 is 15.7 Å². The van der Waals surface area contributed by atoms with Crippen molar-refractivity contribution in [2.45, 2.75) is 33.4 Å². The molecule has 1 aromatic carbocycles. The van der Waals surface area contributed by atoms with Gasteiger partial charge in [0.1, 0.15) is 0 Å². The van der Waals surface area contributed by atoms with Crippen molar-refractivity contribution in [2.24, 2.45) is 0 Å². The zero-order valence-corrected chi connectivity index (χ0v) is 11.4. The van der Waals surface area contributed by atoms with E-state index in [-0.39, 0.29) is 11.8 Å². The molecule has 1 aromatic rings. The number of nitrogen functional groups attached to an aromatic ring is 1. The molecule has 0 radical (unpaired) electrons. The van der Waals surface area contributed by atoms with E-state index in [0.29, 0.717) is 12.2 Å². The quantitative estimate of drug-likeness (QED) is 0.817. The molecule has 0 unspecified atom stereocenters. The minimum Gasteiger partial charge on any atom is -0.399 e. The Balaban J connectivity index is 2.96. The molecule has 0 aliphatic rings. The van der Waals surface area contributed by atoms with Gasteiger partial charge in [-0.2, -0.15) is 4.31 Å². The van der Waals surface area contributed by atoms with Gasteiger partial charge in [0.15, 0.2) is 0 Å². The normalized spacial score (nSPS) is 12.3. The molecule has 0 saturated carbocycles. The summed E-state index contributed by atoms with van der Waals surface area (Å²) in [6, 6.07) is 7.26. The minimum atomic E-state index is -3.18. The first kappa shape index (κ1) is 14.0. The number of rotatable bonds is 5. The Bertz CT molecular complexity index is 469. The maximum Gasteiger partial charge on any atom is 0.214 e. The number of nitrogens with two attached hydrogens (primary N) is 1. The highest BCUT2D eigenvalue weighted by Crippen LogP contribution is 2.15. The van der Waals surface area contributed by atoms with E-state index in [9.17, 15) is 8.42 Å².